The predicted octanol–water partition coefficient (Wildman–Crippen LogP) is 4.28. The van der Waals surface area contributed by atoms with Crippen LogP contribution in [-0.2, 0) is 6.54 Å². The van der Waals surface area contributed by atoms with E-state index in [1.165, 1.54) is 5.56 Å². The van der Waals surface area contributed by atoms with Crippen LogP contribution in [0.15, 0.2) is 24.3 Å². The fourth-order valence-corrected chi connectivity index (χ4v) is 1.83. The van der Waals surface area contributed by atoms with Crippen molar-refractivity contribution in [3.05, 3.63) is 29.8 Å². The van der Waals surface area contributed by atoms with Crippen LogP contribution in [0.3, 0.4) is 0 Å². The first-order valence-electron chi connectivity index (χ1n) is 7.60. The number of benzene rings is 1. The summed E-state index contributed by atoms with van der Waals surface area (Å²) in [6, 6.07) is 10.5. The van der Waals surface area contributed by atoms with Gasteiger partial charge in [-0.1, -0.05) is 12.1 Å². The number of nitrogens with zero attached hydrogens (tertiary/aromatic N) is 1. The van der Waals surface area contributed by atoms with E-state index < -0.39 is 0 Å². The van der Waals surface area contributed by atoms with Gasteiger partial charge in [-0.25, -0.2) is 0 Å². The predicted molar refractivity (Wildman–Crippen MR) is 87.2 cm³/mol. The highest BCUT2D eigenvalue weighted by Gasteiger charge is 2.15. The summed E-state index contributed by atoms with van der Waals surface area (Å²) < 4.78 is 5.72. The van der Waals surface area contributed by atoms with Gasteiger partial charge in [-0.15, -0.1) is 0 Å². The smallest absolute Gasteiger partial charge is 0.119 e. The van der Waals surface area contributed by atoms with E-state index >= 15 is 0 Å². The number of nitrogens with one attached hydrogen (secondary N) is 1. The van der Waals surface area contributed by atoms with E-state index in [0.717, 1.165) is 25.1 Å². The minimum absolute atomic E-state index is 0.128. The normalized spacial score (nSPS) is 12.0. The zero-order chi connectivity index (χ0) is 15.9. The molecule has 0 unspecified atom stereocenters. The summed E-state index contributed by atoms with van der Waals surface area (Å²) in [7, 11) is 0. The van der Waals surface area contributed by atoms with E-state index in [0.29, 0.717) is 6.61 Å². The average molecular weight is 288 g/mol. The van der Waals surface area contributed by atoms with Crippen molar-refractivity contribution in [1.29, 1.82) is 5.26 Å². The largest absolute Gasteiger partial charge is 0.494 e. The summed E-state index contributed by atoms with van der Waals surface area (Å²) in [6.45, 7) is 11.9. The van der Waals surface area contributed by atoms with Gasteiger partial charge in [-0.3, -0.25) is 0 Å². The first-order valence-corrected chi connectivity index (χ1v) is 7.60. The highest BCUT2D eigenvalue weighted by molar-refractivity contribution is 5.27. The zero-order valence-corrected chi connectivity index (χ0v) is 14.0. The monoisotopic (exact) mass is 288 g/mol. The van der Waals surface area contributed by atoms with Gasteiger partial charge in [0.25, 0.3) is 0 Å². The van der Waals surface area contributed by atoms with Crippen molar-refractivity contribution in [3.63, 3.8) is 0 Å². The number of ether oxygens (including phenoxy) is 1. The molecule has 0 bridgehead atoms. The molecule has 0 saturated heterocycles. The molecular formula is C18H28N2O. The molecule has 0 atom stereocenters. The van der Waals surface area contributed by atoms with Crippen LogP contribution >= 0.6 is 0 Å². The van der Waals surface area contributed by atoms with Crippen molar-refractivity contribution in [1.82, 2.24) is 5.32 Å². The van der Waals surface area contributed by atoms with Gasteiger partial charge in [0.1, 0.15) is 5.75 Å². The second-order valence-corrected chi connectivity index (χ2v) is 7.20. The minimum atomic E-state index is -0.258. The van der Waals surface area contributed by atoms with Crippen LogP contribution in [0.5, 0.6) is 5.75 Å². The summed E-state index contributed by atoms with van der Waals surface area (Å²) in [4.78, 5) is 0. The lowest BCUT2D eigenvalue weighted by atomic mass is 9.90. The van der Waals surface area contributed by atoms with Crippen LogP contribution in [0.25, 0.3) is 0 Å². The molecule has 0 saturated carbocycles. The van der Waals surface area contributed by atoms with E-state index in [1.54, 1.807) is 0 Å². The molecule has 0 heterocycles. The molecule has 3 nitrogen and oxygen atoms in total. The molecule has 3 heteroatoms. The first-order chi connectivity index (χ1) is 9.72. The zero-order valence-electron chi connectivity index (χ0n) is 14.0. The average Bonchev–Trinajstić information content (AvgIpc) is 2.42. The Balaban J connectivity index is 2.33. The summed E-state index contributed by atoms with van der Waals surface area (Å²) in [5, 5.41) is 12.4. The van der Waals surface area contributed by atoms with Gasteiger partial charge in [0, 0.05) is 12.1 Å². The highest BCUT2D eigenvalue weighted by atomic mass is 16.5. The summed E-state index contributed by atoms with van der Waals surface area (Å²) >= 11 is 0. The molecule has 1 aromatic carbocycles. The quantitative estimate of drug-likeness (QED) is 0.761. The maximum absolute atomic E-state index is 8.95. The Kier molecular flexibility index (Phi) is 6.23. The fourth-order valence-electron chi connectivity index (χ4n) is 1.83. The molecule has 1 N–H and O–H groups in total. The van der Waals surface area contributed by atoms with Crippen LogP contribution in [0, 0.1) is 16.7 Å². The summed E-state index contributed by atoms with van der Waals surface area (Å²) in [6.07, 6.45) is 1.75. The SMILES string of the molecule is CC(C)(C#N)CCCOc1ccc(CNC(C)(C)C)cc1. The van der Waals surface area contributed by atoms with Gasteiger partial charge in [-0.2, -0.15) is 5.26 Å². The third-order valence-electron chi connectivity index (χ3n) is 3.26. The molecular weight excluding hydrogens is 260 g/mol. The highest BCUT2D eigenvalue weighted by Crippen LogP contribution is 2.21. The second kappa shape index (κ2) is 7.47. The maximum Gasteiger partial charge on any atom is 0.119 e. The lowest BCUT2D eigenvalue weighted by molar-refractivity contribution is 0.284. The lowest BCUT2D eigenvalue weighted by Crippen LogP contribution is -2.35. The Morgan fingerprint density at radius 3 is 2.24 bits per heavy atom. The van der Waals surface area contributed by atoms with Crippen molar-refractivity contribution in [2.45, 2.75) is 59.5 Å². The number of nitriles is 1. The summed E-state index contributed by atoms with van der Waals surface area (Å²) in [5.74, 6) is 0.893. The molecule has 1 rings (SSSR count). The molecule has 0 aliphatic carbocycles. The van der Waals surface area contributed by atoms with Crippen molar-refractivity contribution in [3.8, 4) is 11.8 Å². The Morgan fingerprint density at radius 1 is 1.10 bits per heavy atom. The van der Waals surface area contributed by atoms with Gasteiger partial charge >= 0.3 is 0 Å². The van der Waals surface area contributed by atoms with Crippen molar-refractivity contribution < 1.29 is 4.74 Å². The van der Waals surface area contributed by atoms with E-state index in [4.69, 9.17) is 10.00 Å². The number of rotatable bonds is 7. The van der Waals surface area contributed by atoms with Crippen LogP contribution in [0.1, 0.15) is 53.0 Å². The van der Waals surface area contributed by atoms with E-state index in [9.17, 15) is 0 Å². The van der Waals surface area contributed by atoms with E-state index in [1.807, 2.05) is 26.0 Å². The fraction of sp³-hybridized carbons (Fsp3) is 0.611. The lowest BCUT2D eigenvalue weighted by Gasteiger charge is -2.20. The first kappa shape index (κ1) is 17.5. The molecule has 1 aromatic rings. The Bertz CT molecular complexity index is 463. The Labute approximate surface area is 129 Å². The molecule has 0 spiro atoms. The van der Waals surface area contributed by atoms with Crippen LogP contribution < -0.4 is 10.1 Å². The molecule has 0 fully saturated rings. The summed E-state index contributed by atoms with van der Waals surface area (Å²) in [5.41, 5.74) is 1.12. The third-order valence-corrected chi connectivity index (χ3v) is 3.26. The molecule has 21 heavy (non-hydrogen) atoms. The van der Waals surface area contributed by atoms with Crippen LogP contribution in [0.2, 0.25) is 0 Å². The second-order valence-electron chi connectivity index (χ2n) is 7.20. The van der Waals surface area contributed by atoms with Crippen LogP contribution in [0.4, 0.5) is 0 Å². The van der Waals surface area contributed by atoms with Gasteiger partial charge < -0.3 is 10.1 Å². The number of hydrogen-bond donors (Lipinski definition) is 1. The standard InChI is InChI=1S/C18H28N2O/c1-17(2,3)20-13-15-7-9-16(10-8-15)21-12-6-11-18(4,5)14-19/h7-10,20H,6,11-13H2,1-5H3. The number of hydrogen-bond acceptors (Lipinski definition) is 3. The molecule has 0 radical (unpaired) electrons. The van der Waals surface area contributed by atoms with Gasteiger partial charge in [0.05, 0.1) is 18.1 Å². The maximum atomic E-state index is 8.95. The molecule has 0 aliphatic rings. The minimum Gasteiger partial charge on any atom is -0.494 e. The van der Waals surface area contributed by atoms with Gasteiger partial charge in [0.2, 0.25) is 0 Å². The van der Waals surface area contributed by atoms with Crippen LogP contribution in [-0.4, -0.2) is 12.1 Å². The van der Waals surface area contributed by atoms with Gasteiger partial charge in [-0.05, 0) is 65.2 Å². The Morgan fingerprint density at radius 2 is 1.71 bits per heavy atom. The molecule has 0 aromatic heterocycles. The third kappa shape index (κ3) is 7.72. The van der Waals surface area contributed by atoms with Crippen molar-refractivity contribution >= 4 is 0 Å². The topological polar surface area (TPSA) is 45.0 Å². The molecule has 0 aliphatic heterocycles. The van der Waals surface area contributed by atoms with E-state index in [2.05, 4.69) is 44.3 Å². The molecule has 0 amide bonds. The molecule has 116 valence electrons. The van der Waals surface area contributed by atoms with Crippen molar-refractivity contribution in [2.24, 2.45) is 5.41 Å². The van der Waals surface area contributed by atoms with Crippen molar-refractivity contribution in [2.75, 3.05) is 6.61 Å². The van der Waals surface area contributed by atoms with Gasteiger partial charge in [0.15, 0.2) is 0 Å². The van der Waals surface area contributed by atoms with E-state index in [-0.39, 0.29) is 11.0 Å². The Hall–Kier alpha value is -1.53.